The van der Waals surface area contributed by atoms with Gasteiger partial charge in [0.2, 0.25) is 0 Å². The van der Waals surface area contributed by atoms with Crippen LogP contribution in [-0.2, 0) is 6.42 Å². The SMILES string of the molecule is CCc1cccc(OCCCC(=O)c2ccccc2)c1. The van der Waals surface area contributed by atoms with E-state index in [9.17, 15) is 4.79 Å². The van der Waals surface area contributed by atoms with Crippen LogP contribution in [0.5, 0.6) is 5.75 Å². The Balaban J connectivity index is 1.75. The fraction of sp³-hybridized carbons (Fsp3) is 0.278. The first kappa shape index (κ1) is 14.3. The molecule has 2 rings (SSSR count). The summed E-state index contributed by atoms with van der Waals surface area (Å²) in [7, 11) is 0. The monoisotopic (exact) mass is 268 g/mol. The number of benzene rings is 2. The van der Waals surface area contributed by atoms with E-state index in [0.29, 0.717) is 13.0 Å². The smallest absolute Gasteiger partial charge is 0.163 e. The molecule has 0 radical (unpaired) electrons. The third-order valence-corrected chi connectivity index (χ3v) is 3.22. The molecule has 0 spiro atoms. The average molecular weight is 268 g/mol. The van der Waals surface area contributed by atoms with Gasteiger partial charge in [0, 0.05) is 12.0 Å². The van der Waals surface area contributed by atoms with Crippen LogP contribution in [0.15, 0.2) is 54.6 Å². The van der Waals surface area contributed by atoms with Gasteiger partial charge in [0.05, 0.1) is 6.61 Å². The van der Waals surface area contributed by atoms with Crippen LogP contribution in [-0.4, -0.2) is 12.4 Å². The zero-order chi connectivity index (χ0) is 14.2. The molecule has 0 saturated carbocycles. The molecule has 0 atom stereocenters. The summed E-state index contributed by atoms with van der Waals surface area (Å²) in [6.45, 7) is 2.70. The highest BCUT2D eigenvalue weighted by atomic mass is 16.5. The van der Waals surface area contributed by atoms with Crippen molar-refractivity contribution in [1.29, 1.82) is 0 Å². The molecule has 0 fully saturated rings. The Bertz CT molecular complexity index is 546. The molecule has 0 aliphatic rings. The Hall–Kier alpha value is -2.09. The normalized spacial score (nSPS) is 10.2. The summed E-state index contributed by atoms with van der Waals surface area (Å²) in [4.78, 5) is 11.9. The van der Waals surface area contributed by atoms with E-state index in [1.165, 1.54) is 5.56 Å². The Morgan fingerprint density at radius 2 is 1.85 bits per heavy atom. The minimum absolute atomic E-state index is 0.177. The van der Waals surface area contributed by atoms with Crippen molar-refractivity contribution < 1.29 is 9.53 Å². The predicted octanol–water partition coefficient (Wildman–Crippen LogP) is 4.29. The van der Waals surface area contributed by atoms with Crippen LogP contribution in [0.3, 0.4) is 0 Å². The van der Waals surface area contributed by atoms with Crippen molar-refractivity contribution in [2.24, 2.45) is 0 Å². The number of carbonyl (C=O) groups is 1. The van der Waals surface area contributed by atoms with E-state index in [0.717, 1.165) is 24.2 Å². The first-order chi connectivity index (χ1) is 9.79. The molecule has 2 aromatic rings. The molecule has 0 amide bonds. The van der Waals surface area contributed by atoms with Gasteiger partial charge in [-0.1, -0.05) is 49.4 Å². The van der Waals surface area contributed by atoms with E-state index >= 15 is 0 Å². The minimum atomic E-state index is 0.177. The van der Waals surface area contributed by atoms with E-state index in [4.69, 9.17) is 4.74 Å². The van der Waals surface area contributed by atoms with Crippen LogP contribution < -0.4 is 4.74 Å². The van der Waals surface area contributed by atoms with Crippen molar-refractivity contribution in [3.05, 3.63) is 65.7 Å². The van der Waals surface area contributed by atoms with Crippen molar-refractivity contribution in [2.75, 3.05) is 6.61 Å². The van der Waals surface area contributed by atoms with Crippen molar-refractivity contribution in [3.8, 4) is 5.75 Å². The fourth-order valence-corrected chi connectivity index (χ4v) is 2.05. The molecule has 2 nitrogen and oxygen atoms in total. The number of ketones is 1. The lowest BCUT2D eigenvalue weighted by atomic mass is 10.1. The Kier molecular flexibility index (Phi) is 5.36. The van der Waals surface area contributed by atoms with Gasteiger partial charge in [-0.25, -0.2) is 0 Å². The summed E-state index contributed by atoms with van der Waals surface area (Å²) < 4.78 is 5.68. The van der Waals surface area contributed by atoms with Crippen LogP contribution in [0, 0.1) is 0 Å². The van der Waals surface area contributed by atoms with E-state index in [2.05, 4.69) is 19.1 Å². The van der Waals surface area contributed by atoms with E-state index < -0.39 is 0 Å². The maximum atomic E-state index is 11.9. The average Bonchev–Trinajstić information content (AvgIpc) is 2.52. The second-order valence-corrected chi connectivity index (χ2v) is 4.74. The maximum absolute atomic E-state index is 11.9. The zero-order valence-electron chi connectivity index (χ0n) is 11.8. The Labute approximate surface area is 120 Å². The third-order valence-electron chi connectivity index (χ3n) is 3.22. The minimum Gasteiger partial charge on any atom is -0.494 e. The fourth-order valence-electron chi connectivity index (χ4n) is 2.05. The van der Waals surface area contributed by atoms with Crippen molar-refractivity contribution >= 4 is 5.78 Å². The molecular formula is C18H20O2. The quantitative estimate of drug-likeness (QED) is 0.553. The topological polar surface area (TPSA) is 26.3 Å². The van der Waals surface area contributed by atoms with Gasteiger partial charge in [0.1, 0.15) is 5.75 Å². The van der Waals surface area contributed by atoms with Gasteiger partial charge in [0.15, 0.2) is 5.78 Å². The number of ether oxygens (including phenoxy) is 1. The summed E-state index contributed by atoms with van der Waals surface area (Å²) in [5.41, 5.74) is 2.04. The van der Waals surface area contributed by atoms with Gasteiger partial charge in [-0.2, -0.15) is 0 Å². The molecule has 0 heterocycles. The standard InChI is InChI=1S/C18H20O2/c1-2-15-8-6-11-17(14-15)20-13-7-12-18(19)16-9-4-3-5-10-16/h3-6,8-11,14H,2,7,12-13H2,1H3. The number of aryl methyl sites for hydroxylation is 1. The second kappa shape index (κ2) is 7.49. The van der Waals surface area contributed by atoms with E-state index in [-0.39, 0.29) is 5.78 Å². The number of Topliss-reactive ketones (excluding diaryl/α,β-unsaturated/α-hetero) is 1. The molecule has 2 heteroatoms. The lowest BCUT2D eigenvalue weighted by molar-refractivity contribution is 0.0973. The van der Waals surface area contributed by atoms with Gasteiger partial charge in [-0.15, -0.1) is 0 Å². The van der Waals surface area contributed by atoms with Crippen molar-refractivity contribution in [1.82, 2.24) is 0 Å². The van der Waals surface area contributed by atoms with Gasteiger partial charge in [0.25, 0.3) is 0 Å². The van der Waals surface area contributed by atoms with Crippen molar-refractivity contribution in [3.63, 3.8) is 0 Å². The van der Waals surface area contributed by atoms with Gasteiger partial charge >= 0.3 is 0 Å². The number of carbonyl (C=O) groups excluding carboxylic acids is 1. The lowest BCUT2D eigenvalue weighted by Crippen LogP contribution is -2.03. The first-order valence-electron chi connectivity index (χ1n) is 7.09. The van der Waals surface area contributed by atoms with Crippen molar-refractivity contribution in [2.45, 2.75) is 26.2 Å². The number of rotatable bonds is 7. The summed E-state index contributed by atoms with van der Waals surface area (Å²) in [5, 5.41) is 0. The largest absolute Gasteiger partial charge is 0.494 e. The van der Waals surface area contributed by atoms with Crippen LogP contribution in [0.1, 0.15) is 35.7 Å². The van der Waals surface area contributed by atoms with Crippen LogP contribution in [0.25, 0.3) is 0 Å². The molecule has 0 unspecified atom stereocenters. The maximum Gasteiger partial charge on any atom is 0.163 e. The highest BCUT2D eigenvalue weighted by molar-refractivity contribution is 5.95. The Morgan fingerprint density at radius 1 is 1.05 bits per heavy atom. The van der Waals surface area contributed by atoms with Crippen LogP contribution in [0.2, 0.25) is 0 Å². The van der Waals surface area contributed by atoms with Crippen LogP contribution >= 0.6 is 0 Å². The summed E-state index contributed by atoms with van der Waals surface area (Å²) in [5.74, 6) is 1.06. The molecule has 2 aromatic carbocycles. The molecular weight excluding hydrogens is 248 g/mol. The molecule has 0 aromatic heterocycles. The summed E-state index contributed by atoms with van der Waals surface area (Å²) in [6.07, 6.45) is 2.27. The molecule has 0 aliphatic heterocycles. The number of hydrogen-bond donors (Lipinski definition) is 0. The highest BCUT2D eigenvalue weighted by Crippen LogP contribution is 2.14. The van der Waals surface area contributed by atoms with E-state index in [1.54, 1.807) is 0 Å². The Morgan fingerprint density at radius 3 is 2.60 bits per heavy atom. The molecule has 0 N–H and O–H groups in total. The molecule has 0 bridgehead atoms. The zero-order valence-corrected chi connectivity index (χ0v) is 11.8. The molecule has 20 heavy (non-hydrogen) atoms. The molecule has 0 saturated heterocycles. The predicted molar refractivity (Wildman–Crippen MR) is 81.3 cm³/mol. The highest BCUT2D eigenvalue weighted by Gasteiger charge is 2.04. The van der Waals surface area contributed by atoms with Gasteiger partial charge in [-0.05, 0) is 30.5 Å². The third kappa shape index (κ3) is 4.23. The van der Waals surface area contributed by atoms with Gasteiger partial charge < -0.3 is 4.74 Å². The van der Waals surface area contributed by atoms with Gasteiger partial charge in [-0.3, -0.25) is 4.79 Å². The van der Waals surface area contributed by atoms with Crippen LogP contribution in [0.4, 0.5) is 0 Å². The van der Waals surface area contributed by atoms with E-state index in [1.807, 2.05) is 42.5 Å². The number of hydrogen-bond acceptors (Lipinski definition) is 2. The first-order valence-corrected chi connectivity index (χ1v) is 7.09. The second-order valence-electron chi connectivity index (χ2n) is 4.74. The molecule has 0 aliphatic carbocycles. The lowest BCUT2D eigenvalue weighted by Gasteiger charge is -2.07. The summed E-state index contributed by atoms with van der Waals surface area (Å²) in [6, 6.07) is 17.5. The summed E-state index contributed by atoms with van der Waals surface area (Å²) >= 11 is 0. The molecule has 104 valence electrons.